The summed E-state index contributed by atoms with van der Waals surface area (Å²) in [7, 11) is 0. The van der Waals surface area contributed by atoms with Gasteiger partial charge in [0, 0.05) is 18.5 Å². The van der Waals surface area contributed by atoms with E-state index in [0.29, 0.717) is 5.75 Å². The summed E-state index contributed by atoms with van der Waals surface area (Å²) in [5, 5.41) is 18.9. The average molecular weight is 376 g/mol. The number of hydrogen-bond donors (Lipinski definition) is 2. The molecule has 2 aliphatic rings. The molecule has 2 aliphatic heterocycles. The molecule has 27 heavy (non-hydrogen) atoms. The van der Waals surface area contributed by atoms with Crippen LogP contribution in [-0.2, 0) is 11.3 Å². The van der Waals surface area contributed by atoms with E-state index in [1.807, 2.05) is 24.3 Å². The van der Waals surface area contributed by atoms with Crippen molar-refractivity contribution < 1.29 is 19.7 Å². The maximum Gasteiger partial charge on any atom is 0.344 e. The van der Waals surface area contributed by atoms with E-state index in [2.05, 4.69) is 9.80 Å². The Morgan fingerprint density at radius 1 is 1.11 bits per heavy atom. The lowest BCUT2D eigenvalue weighted by Crippen LogP contribution is -2.47. The van der Waals surface area contributed by atoms with Crippen molar-refractivity contribution in [1.82, 2.24) is 9.80 Å². The fourth-order valence-corrected chi connectivity index (χ4v) is 4.15. The van der Waals surface area contributed by atoms with Gasteiger partial charge in [0.2, 0.25) is 0 Å². The highest BCUT2D eigenvalue weighted by molar-refractivity contribution is 5.72. The van der Waals surface area contributed by atoms with Crippen LogP contribution in [0.4, 0.5) is 0 Å². The molecule has 0 radical (unpaired) electrons. The number of aliphatic carboxylic acids is 1. The average Bonchev–Trinajstić information content (AvgIpc) is 3.18. The third-order valence-corrected chi connectivity index (χ3v) is 6.00. The van der Waals surface area contributed by atoms with Gasteiger partial charge in [0.1, 0.15) is 5.75 Å². The van der Waals surface area contributed by atoms with Gasteiger partial charge in [-0.2, -0.15) is 0 Å². The molecule has 150 valence electrons. The molecule has 0 spiro atoms. The lowest BCUT2D eigenvalue weighted by atomic mass is 9.78. The summed E-state index contributed by atoms with van der Waals surface area (Å²) >= 11 is 0. The highest BCUT2D eigenvalue weighted by Crippen LogP contribution is 2.33. The molecule has 3 rings (SSSR count). The van der Waals surface area contributed by atoms with Crippen LogP contribution in [0.5, 0.6) is 5.75 Å². The van der Waals surface area contributed by atoms with Crippen molar-refractivity contribution in [2.75, 3.05) is 39.3 Å². The minimum Gasteiger partial charge on any atom is -0.479 e. The van der Waals surface area contributed by atoms with E-state index in [1.165, 1.54) is 38.4 Å². The van der Waals surface area contributed by atoms with Crippen molar-refractivity contribution >= 4 is 5.97 Å². The van der Waals surface area contributed by atoms with E-state index in [0.717, 1.165) is 39.0 Å². The number of piperidine rings is 1. The van der Waals surface area contributed by atoms with Gasteiger partial charge >= 0.3 is 5.97 Å². The lowest BCUT2D eigenvalue weighted by Gasteiger charge is -2.42. The van der Waals surface area contributed by atoms with Gasteiger partial charge in [-0.05, 0) is 76.5 Å². The molecule has 0 aromatic heterocycles. The highest BCUT2D eigenvalue weighted by Gasteiger charge is 2.36. The van der Waals surface area contributed by atoms with Crippen LogP contribution in [0.2, 0.25) is 0 Å². The Balaban J connectivity index is 1.49. The number of hydrogen-bond acceptors (Lipinski definition) is 5. The quantitative estimate of drug-likeness (QED) is 0.725. The fourth-order valence-electron chi connectivity index (χ4n) is 4.15. The van der Waals surface area contributed by atoms with Gasteiger partial charge in [-0.3, -0.25) is 4.90 Å². The number of rotatable bonds is 8. The smallest absolute Gasteiger partial charge is 0.344 e. The number of benzene rings is 1. The first-order chi connectivity index (χ1) is 13.0. The van der Waals surface area contributed by atoms with Gasteiger partial charge in [-0.1, -0.05) is 12.1 Å². The van der Waals surface area contributed by atoms with Crippen LogP contribution < -0.4 is 4.74 Å². The highest BCUT2D eigenvalue weighted by atomic mass is 16.5. The summed E-state index contributed by atoms with van der Waals surface area (Å²) < 4.78 is 5.38. The zero-order valence-electron chi connectivity index (χ0n) is 16.3. The van der Waals surface area contributed by atoms with Gasteiger partial charge in [-0.15, -0.1) is 0 Å². The largest absolute Gasteiger partial charge is 0.479 e. The van der Waals surface area contributed by atoms with Crippen molar-refractivity contribution in [2.45, 2.75) is 45.3 Å². The molecule has 2 heterocycles. The Bertz CT molecular complexity index is 605. The van der Waals surface area contributed by atoms with Crippen LogP contribution in [0.3, 0.4) is 0 Å². The topological polar surface area (TPSA) is 73.2 Å². The van der Waals surface area contributed by atoms with E-state index in [9.17, 15) is 9.90 Å². The second kappa shape index (κ2) is 9.04. The molecule has 1 aromatic carbocycles. The van der Waals surface area contributed by atoms with Crippen LogP contribution in [0, 0.1) is 5.41 Å². The first kappa shape index (κ1) is 20.1. The third kappa shape index (κ3) is 5.43. The second-order valence-electron chi connectivity index (χ2n) is 8.16. The van der Waals surface area contributed by atoms with Gasteiger partial charge in [0.25, 0.3) is 0 Å². The van der Waals surface area contributed by atoms with E-state index in [-0.39, 0.29) is 12.0 Å². The maximum atomic E-state index is 10.9. The first-order valence-corrected chi connectivity index (χ1v) is 10.0. The summed E-state index contributed by atoms with van der Waals surface area (Å²) in [4.78, 5) is 15.8. The van der Waals surface area contributed by atoms with Crippen LogP contribution in [0.25, 0.3) is 0 Å². The normalized spacial score (nSPS) is 21.9. The van der Waals surface area contributed by atoms with E-state index in [1.54, 1.807) is 0 Å². The molecule has 2 fully saturated rings. The van der Waals surface area contributed by atoms with Crippen LogP contribution in [0.15, 0.2) is 24.3 Å². The third-order valence-electron chi connectivity index (χ3n) is 6.00. The molecule has 1 unspecified atom stereocenters. The number of carboxylic acids is 1. The lowest BCUT2D eigenvalue weighted by molar-refractivity contribution is -0.144. The molecule has 2 N–H and O–H groups in total. The van der Waals surface area contributed by atoms with Gasteiger partial charge in [0.05, 0.1) is 6.61 Å². The molecule has 0 amide bonds. The van der Waals surface area contributed by atoms with E-state index >= 15 is 0 Å². The van der Waals surface area contributed by atoms with Crippen molar-refractivity contribution in [1.29, 1.82) is 0 Å². The molecule has 2 saturated heterocycles. The number of aliphatic hydroxyl groups excluding tert-OH is 1. The minimum atomic E-state index is -0.964. The van der Waals surface area contributed by atoms with Crippen LogP contribution in [-0.4, -0.2) is 71.4 Å². The van der Waals surface area contributed by atoms with Gasteiger partial charge < -0.3 is 19.8 Å². The number of carbonyl (C=O) groups is 1. The predicted molar refractivity (Wildman–Crippen MR) is 104 cm³/mol. The molecule has 6 nitrogen and oxygen atoms in total. The van der Waals surface area contributed by atoms with Crippen molar-refractivity contribution in [2.24, 2.45) is 5.41 Å². The SMILES string of the molecule is CC(Oc1ccc(CN2CCC(CO)(CN3CCCC3)CC2)cc1)C(=O)O. The summed E-state index contributed by atoms with van der Waals surface area (Å²) in [6.45, 7) is 8.09. The predicted octanol–water partition coefficient (Wildman–Crippen LogP) is 2.21. The maximum absolute atomic E-state index is 10.9. The standard InChI is InChI=1S/C21H32N2O4/c1-17(20(25)26)27-19-6-4-18(5-7-19)14-22-12-8-21(16-24,9-13-22)15-23-10-2-3-11-23/h4-7,17,24H,2-3,8-16H2,1H3,(H,25,26). The van der Waals surface area contributed by atoms with Crippen LogP contribution >= 0.6 is 0 Å². The summed E-state index contributed by atoms with van der Waals surface area (Å²) in [5.74, 6) is -0.383. The Morgan fingerprint density at radius 3 is 2.30 bits per heavy atom. The summed E-state index contributed by atoms with van der Waals surface area (Å²) in [6, 6.07) is 7.68. The number of likely N-dealkylation sites (tertiary alicyclic amines) is 2. The molecule has 0 saturated carbocycles. The number of ether oxygens (including phenoxy) is 1. The number of aliphatic hydroxyl groups is 1. The monoisotopic (exact) mass is 376 g/mol. The summed E-state index contributed by atoms with van der Waals surface area (Å²) in [6.07, 6.45) is 3.81. The zero-order valence-corrected chi connectivity index (χ0v) is 16.3. The Labute approximate surface area is 161 Å². The van der Waals surface area contributed by atoms with Crippen molar-refractivity contribution in [3.63, 3.8) is 0 Å². The molecule has 0 aliphatic carbocycles. The molecule has 1 atom stereocenters. The van der Waals surface area contributed by atoms with Gasteiger partial charge in [-0.25, -0.2) is 4.79 Å². The van der Waals surface area contributed by atoms with E-state index < -0.39 is 12.1 Å². The van der Waals surface area contributed by atoms with Crippen molar-refractivity contribution in [3.8, 4) is 5.75 Å². The molecular weight excluding hydrogens is 344 g/mol. The molecular formula is C21H32N2O4. The molecule has 6 heteroatoms. The minimum absolute atomic E-state index is 0.0610. The number of carboxylic acid groups (broad SMARTS) is 1. The van der Waals surface area contributed by atoms with E-state index in [4.69, 9.17) is 9.84 Å². The van der Waals surface area contributed by atoms with Gasteiger partial charge in [0.15, 0.2) is 6.10 Å². The number of nitrogens with zero attached hydrogens (tertiary/aromatic N) is 2. The Hall–Kier alpha value is -1.63. The first-order valence-electron chi connectivity index (χ1n) is 10.0. The molecule has 0 bridgehead atoms. The molecule has 1 aromatic rings. The second-order valence-corrected chi connectivity index (χ2v) is 8.16. The fraction of sp³-hybridized carbons (Fsp3) is 0.667. The Morgan fingerprint density at radius 2 is 1.74 bits per heavy atom. The Kier molecular flexibility index (Phi) is 6.73. The zero-order chi connectivity index (χ0) is 19.3. The summed E-state index contributed by atoms with van der Waals surface area (Å²) in [5.41, 5.74) is 1.26. The van der Waals surface area contributed by atoms with Crippen LogP contribution in [0.1, 0.15) is 38.2 Å². The van der Waals surface area contributed by atoms with Crippen molar-refractivity contribution in [3.05, 3.63) is 29.8 Å².